The first-order valence-corrected chi connectivity index (χ1v) is 4.91. The first-order chi connectivity index (χ1) is 7.19. The Labute approximate surface area is 88.3 Å². The van der Waals surface area contributed by atoms with Crippen molar-refractivity contribution in [3.8, 4) is 5.75 Å². The third-order valence-corrected chi connectivity index (χ3v) is 2.08. The average molecular weight is 215 g/mol. The van der Waals surface area contributed by atoms with E-state index in [1.165, 1.54) is 19.2 Å². The lowest BCUT2D eigenvalue weighted by atomic mass is 10.2. The highest BCUT2D eigenvalue weighted by Gasteiger charge is 2.10. The number of nitrogens with one attached hydrogen (secondary N) is 1. The van der Waals surface area contributed by atoms with E-state index in [0.717, 1.165) is 13.0 Å². The minimum absolute atomic E-state index is 0.0595. The van der Waals surface area contributed by atoms with Crippen molar-refractivity contribution < 1.29 is 13.5 Å². The van der Waals surface area contributed by atoms with Crippen LogP contribution in [0.4, 0.5) is 8.78 Å². The molecule has 84 valence electrons. The summed E-state index contributed by atoms with van der Waals surface area (Å²) >= 11 is 0. The average Bonchev–Trinajstić information content (AvgIpc) is 2.22. The van der Waals surface area contributed by atoms with Crippen molar-refractivity contribution in [3.63, 3.8) is 0 Å². The summed E-state index contributed by atoms with van der Waals surface area (Å²) in [6, 6.07) is 2.37. The van der Waals surface area contributed by atoms with Crippen LogP contribution in [0.15, 0.2) is 12.1 Å². The van der Waals surface area contributed by atoms with Crippen molar-refractivity contribution >= 4 is 0 Å². The molecule has 0 unspecified atom stereocenters. The lowest BCUT2D eigenvalue weighted by molar-refractivity contribution is 0.404. The Hall–Kier alpha value is -1.16. The Morgan fingerprint density at radius 1 is 1.27 bits per heavy atom. The molecule has 1 rings (SSSR count). The second-order valence-corrected chi connectivity index (χ2v) is 3.25. The smallest absolute Gasteiger partial charge is 0.134 e. The predicted octanol–water partition coefficient (Wildman–Crippen LogP) is 2.47. The molecule has 0 spiro atoms. The Morgan fingerprint density at radius 2 is 1.87 bits per heavy atom. The van der Waals surface area contributed by atoms with Crippen molar-refractivity contribution in [2.24, 2.45) is 0 Å². The molecule has 15 heavy (non-hydrogen) atoms. The molecule has 1 aromatic carbocycles. The maximum Gasteiger partial charge on any atom is 0.134 e. The third-order valence-electron chi connectivity index (χ3n) is 2.08. The van der Waals surface area contributed by atoms with E-state index in [2.05, 4.69) is 5.32 Å². The van der Waals surface area contributed by atoms with Gasteiger partial charge in [-0.15, -0.1) is 0 Å². The van der Waals surface area contributed by atoms with Crippen LogP contribution in [0.25, 0.3) is 0 Å². The maximum atomic E-state index is 13.4. The summed E-state index contributed by atoms with van der Waals surface area (Å²) in [5.41, 5.74) is 0.0595. The molecule has 0 aliphatic heterocycles. The highest BCUT2D eigenvalue weighted by molar-refractivity contribution is 5.30. The van der Waals surface area contributed by atoms with E-state index in [-0.39, 0.29) is 17.9 Å². The van der Waals surface area contributed by atoms with Gasteiger partial charge in [-0.25, -0.2) is 8.78 Å². The second kappa shape index (κ2) is 5.66. The van der Waals surface area contributed by atoms with Gasteiger partial charge in [0.2, 0.25) is 0 Å². The van der Waals surface area contributed by atoms with Crippen molar-refractivity contribution in [1.29, 1.82) is 0 Å². The summed E-state index contributed by atoms with van der Waals surface area (Å²) in [6.07, 6.45) is 0.930. The van der Waals surface area contributed by atoms with Crippen molar-refractivity contribution in [1.82, 2.24) is 5.32 Å². The van der Waals surface area contributed by atoms with E-state index in [4.69, 9.17) is 4.74 Å². The largest absolute Gasteiger partial charge is 0.497 e. The van der Waals surface area contributed by atoms with Crippen molar-refractivity contribution in [2.75, 3.05) is 13.7 Å². The molecule has 2 nitrogen and oxygen atoms in total. The van der Waals surface area contributed by atoms with Crippen LogP contribution in [0.3, 0.4) is 0 Å². The van der Waals surface area contributed by atoms with E-state index < -0.39 is 11.6 Å². The molecule has 0 saturated carbocycles. The molecular weight excluding hydrogens is 200 g/mol. The van der Waals surface area contributed by atoms with Gasteiger partial charge in [0.15, 0.2) is 0 Å². The van der Waals surface area contributed by atoms with Gasteiger partial charge in [0.05, 0.1) is 7.11 Å². The van der Waals surface area contributed by atoms with Gasteiger partial charge in [-0.1, -0.05) is 6.92 Å². The van der Waals surface area contributed by atoms with Gasteiger partial charge in [0.1, 0.15) is 17.4 Å². The monoisotopic (exact) mass is 215 g/mol. The number of benzene rings is 1. The summed E-state index contributed by atoms with van der Waals surface area (Å²) < 4.78 is 31.5. The van der Waals surface area contributed by atoms with Crippen molar-refractivity contribution in [3.05, 3.63) is 29.3 Å². The van der Waals surface area contributed by atoms with Crippen LogP contribution in [0.5, 0.6) is 5.75 Å². The molecule has 0 atom stereocenters. The molecule has 0 heterocycles. The van der Waals surface area contributed by atoms with Crippen molar-refractivity contribution in [2.45, 2.75) is 19.9 Å². The summed E-state index contributed by atoms with van der Waals surface area (Å²) in [7, 11) is 1.38. The zero-order chi connectivity index (χ0) is 11.3. The Bertz CT molecular complexity index is 305. The molecule has 0 bridgehead atoms. The van der Waals surface area contributed by atoms with Crippen LogP contribution in [0, 0.1) is 11.6 Å². The summed E-state index contributed by atoms with van der Waals surface area (Å²) in [5.74, 6) is -0.949. The molecule has 0 aliphatic carbocycles. The number of methoxy groups -OCH3 is 1. The molecule has 1 N–H and O–H groups in total. The number of halogens is 2. The number of rotatable bonds is 5. The number of hydrogen-bond acceptors (Lipinski definition) is 2. The molecule has 0 amide bonds. The van der Waals surface area contributed by atoms with Gasteiger partial charge in [0, 0.05) is 24.2 Å². The minimum Gasteiger partial charge on any atom is -0.497 e. The normalized spacial score (nSPS) is 10.4. The lowest BCUT2D eigenvalue weighted by Crippen LogP contribution is -2.16. The molecule has 1 aromatic rings. The van der Waals surface area contributed by atoms with Crippen LogP contribution in [0.2, 0.25) is 0 Å². The highest BCUT2D eigenvalue weighted by Crippen LogP contribution is 2.20. The number of ether oxygens (including phenoxy) is 1. The van der Waals surface area contributed by atoms with Gasteiger partial charge >= 0.3 is 0 Å². The SMILES string of the molecule is CCCNCc1c(F)cc(OC)cc1F. The molecule has 0 saturated heterocycles. The Balaban J connectivity index is 2.79. The highest BCUT2D eigenvalue weighted by atomic mass is 19.1. The van der Waals surface area contributed by atoms with E-state index in [1.807, 2.05) is 6.92 Å². The Kier molecular flexibility index (Phi) is 4.49. The molecule has 0 fully saturated rings. The van der Waals surface area contributed by atoms with E-state index in [0.29, 0.717) is 0 Å². The fraction of sp³-hybridized carbons (Fsp3) is 0.455. The zero-order valence-electron chi connectivity index (χ0n) is 8.94. The predicted molar refractivity (Wildman–Crippen MR) is 54.9 cm³/mol. The standard InChI is InChI=1S/C11H15F2NO/c1-3-4-14-7-9-10(12)5-8(15-2)6-11(9)13/h5-6,14H,3-4,7H2,1-2H3. The molecule has 4 heteroatoms. The third kappa shape index (κ3) is 3.16. The van der Waals surface area contributed by atoms with Crippen LogP contribution >= 0.6 is 0 Å². The molecule has 0 radical (unpaired) electrons. The number of hydrogen-bond donors (Lipinski definition) is 1. The summed E-state index contributed by atoms with van der Waals surface area (Å²) in [5, 5.41) is 2.95. The van der Waals surface area contributed by atoms with Gasteiger partial charge in [-0.2, -0.15) is 0 Å². The fourth-order valence-corrected chi connectivity index (χ4v) is 1.26. The molecule has 0 aromatic heterocycles. The Morgan fingerprint density at radius 3 is 2.33 bits per heavy atom. The topological polar surface area (TPSA) is 21.3 Å². The summed E-state index contributed by atoms with van der Waals surface area (Å²) in [4.78, 5) is 0. The van der Waals surface area contributed by atoms with Crippen LogP contribution in [0.1, 0.15) is 18.9 Å². The van der Waals surface area contributed by atoms with E-state index >= 15 is 0 Å². The zero-order valence-corrected chi connectivity index (χ0v) is 8.94. The van der Waals surface area contributed by atoms with Crippen LogP contribution < -0.4 is 10.1 Å². The van der Waals surface area contributed by atoms with E-state index in [9.17, 15) is 8.78 Å². The van der Waals surface area contributed by atoms with Gasteiger partial charge in [-0.05, 0) is 13.0 Å². The fourth-order valence-electron chi connectivity index (χ4n) is 1.26. The van der Waals surface area contributed by atoms with Gasteiger partial charge in [0.25, 0.3) is 0 Å². The first-order valence-electron chi connectivity index (χ1n) is 4.91. The van der Waals surface area contributed by atoms with E-state index in [1.54, 1.807) is 0 Å². The summed E-state index contributed by atoms with van der Waals surface area (Å²) in [6.45, 7) is 2.94. The van der Waals surface area contributed by atoms with Gasteiger partial charge < -0.3 is 10.1 Å². The molecule has 0 aliphatic rings. The van der Waals surface area contributed by atoms with Crippen LogP contribution in [-0.4, -0.2) is 13.7 Å². The first kappa shape index (κ1) is 11.9. The maximum absolute atomic E-state index is 13.4. The van der Waals surface area contributed by atoms with Crippen LogP contribution in [-0.2, 0) is 6.54 Å². The quantitative estimate of drug-likeness (QED) is 0.762. The second-order valence-electron chi connectivity index (χ2n) is 3.25. The lowest BCUT2D eigenvalue weighted by Gasteiger charge is -2.08. The minimum atomic E-state index is -0.574. The molecular formula is C11H15F2NO. The van der Waals surface area contributed by atoms with Gasteiger partial charge in [-0.3, -0.25) is 0 Å².